The van der Waals surface area contributed by atoms with Crippen molar-refractivity contribution in [3.8, 4) is 0 Å². The minimum atomic E-state index is -2.98. The predicted molar refractivity (Wildman–Crippen MR) is 40.9 cm³/mol. The molecule has 0 fully saturated rings. The van der Waals surface area contributed by atoms with Gasteiger partial charge in [0.25, 0.3) is 12.1 Å². The van der Waals surface area contributed by atoms with Gasteiger partial charge in [0.05, 0.1) is 9.95 Å². The average molecular weight is 209 g/mol. The van der Waals surface area contributed by atoms with Gasteiger partial charge >= 0.3 is 0 Å². The molecule has 0 N–H and O–H groups in total. The number of halogens is 3. The molecule has 0 radical (unpaired) electrons. The van der Waals surface area contributed by atoms with Gasteiger partial charge < -0.3 is 0 Å². The first-order chi connectivity index (χ1) is 6.04. The molecule has 1 rings (SSSR count). The Balaban J connectivity index is 3.34. The van der Waals surface area contributed by atoms with Gasteiger partial charge in [-0.15, -0.1) is 0 Å². The van der Waals surface area contributed by atoms with Crippen LogP contribution in [0.2, 0.25) is 5.02 Å². The van der Waals surface area contributed by atoms with Crippen LogP contribution in [0, 0.1) is 10.1 Å². The summed E-state index contributed by atoms with van der Waals surface area (Å²) < 4.78 is 24.5. The van der Waals surface area contributed by atoms with Crippen molar-refractivity contribution in [1.29, 1.82) is 0 Å². The second kappa shape index (κ2) is 3.61. The van der Waals surface area contributed by atoms with Gasteiger partial charge in [0.2, 0.25) is 0 Å². The molecular formula is C6H3ClF2N2O2. The molecule has 70 valence electrons. The number of alkyl halides is 2. The zero-order chi connectivity index (χ0) is 10.0. The molecular weight excluding hydrogens is 206 g/mol. The van der Waals surface area contributed by atoms with Gasteiger partial charge in [0.1, 0.15) is 11.8 Å². The van der Waals surface area contributed by atoms with Crippen molar-refractivity contribution in [2.24, 2.45) is 0 Å². The quantitative estimate of drug-likeness (QED) is 0.554. The Labute approximate surface area is 76.3 Å². The first-order valence-corrected chi connectivity index (χ1v) is 3.47. The fourth-order valence-corrected chi connectivity index (χ4v) is 1.03. The van der Waals surface area contributed by atoms with Gasteiger partial charge in [-0.25, -0.2) is 8.78 Å². The van der Waals surface area contributed by atoms with Crippen molar-refractivity contribution in [3.63, 3.8) is 0 Å². The first-order valence-electron chi connectivity index (χ1n) is 3.10. The van der Waals surface area contributed by atoms with Gasteiger partial charge in [0.15, 0.2) is 0 Å². The van der Waals surface area contributed by atoms with Gasteiger partial charge in [-0.2, -0.15) is 0 Å². The molecule has 0 aliphatic carbocycles. The Morgan fingerprint density at radius 3 is 2.54 bits per heavy atom. The second-order valence-corrected chi connectivity index (χ2v) is 2.52. The molecule has 4 nitrogen and oxygen atoms in total. The highest BCUT2D eigenvalue weighted by Gasteiger charge is 2.24. The Hall–Kier alpha value is -1.30. The van der Waals surface area contributed by atoms with E-state index in [9.17, 15) is 18.9 Å². The van der Waals surface area contributed by atoms with E-state index in [1.165, 1.54) is 0 Å². The first kappa shape index (κ1) is 9.79. The third-order valence-electron chi connectivity index (χ3n) is 1.33. The van der Waals surface area contributed by atoms with Crippen molar-refractivity contribution in [2.45, 2.75) is 6.43 Å². The molecule has 0 saturated carbocycles. The Morgan fingerprint density at radius 1 is 1.54 bits per heavy atom. The fraction of sp³-hybridized carbons (Fsp3) is 0.167. The van der Waals surface area contributed by atoms with E-state index in [4.69, 9.17) is 11.6 Å². The predicted octanol–water partition coefficient (Wildman–Crippen LogP) is 2.58. The van der Waals surface area contributed by atoms with Gasteiger partial charge in [0, 0.05) is 6.20 Å². The van der Waals surface area contributed by atoms with Crippen LogP contribution in [0.15, 0.2) is 12.4 Å². The summed E-state index contributed by atoms with van der Waals surface area (Å²) in [6.45, 7) is 0. The molecule has 0 atom stereocenters. The van der Waals surface area contributed by atoms with Crippen LogP contribution in [0.5, 0.6) is 0 Å². The Morgan fingerprint density at radius 2 is 2.15 bits per heavy atom. The monoisotopic (exact) mass is 208 g/mol. The largest absolute Gasteiger partial charge is 0.297 e. The second-order valence-electron chi connectivity index (χ2n) is 2.11. The summed E-state index contributed by atoms with van der Waals surface area (Å²) in [6.07, 6.45) is -1.29. The molecule has 0 saturated heterocycles. The zero-order valence-electron chi connectivity index (χ0n) is 6.08. The maximum Gasteiger partial charge on any atom is 0.297 e. The molecule has 7 heteroatoms. The van der Waals surface area contributed by atoms with Crippen LogP contribution in [0.3, 0.4) is 0 Å². The standard InChI is InChI=1S/C6H3ClF2N2O2/c7-3-1-10-2-4(11(12)13)5(3)6(8)9/h1-2,6H. The lowest BCUT2D eigenvalue weighted by Gasteiger charge is -2.01. The van der Waals surface area contributed by atoms with Crippen LogP contribution in [-0.4, -0.2) is 9.91 Å². The van der Waals surface area contributed by atoms with Crippen molar-refractivity contribution in [1.82, 2.24) is 4.98 Å². The number of nitro groups is 1. The fourth-order valence-electron chi connectivity index (χ4n) is 0.796. The van der Waals surface area contributed by atoms with E-state index in [1.807, 2.05) is 0 Å². The lowest BCUT2D eigenvalue weighted by atomic mass is 10.2. The molecule has 0 aromatic carbocycles. The molecule has 1 aromatic rings. The van der Waals surface area contributed by atoms with E-state index in [-0.39, 0.29) is 0 Å². The number of rotatable bonds is 2. The molecule has 0 amide bonds. The lowest BCUT2D eigenvalue weighted by Crippen LogP contribution is -1.97. The summed E-state index contributed by atoms with van der Waals surface area (Å²) in [6, 6.07) is 0. The zero-order valence-corrected chi connectivity index (χ0v) is 6.83. The molecule has 0 aliphatic heterocycles. The van der Waals surface area contributed by atoms with Crippen LogP contribution < -0.4 is 0 Å². The summed E-state index contributed by atoms with van der Waals surface area (Å²) >= 11 is 5.32. The Bertz CT molecular complexity index is 345. The normalized spacial score (nSPS) is 10.5. The number of aromatic nitrogens is 1. The van der Waals surface area contributed by atoms with Gasteiger partial charge in [-0.1, -0.05) is 11.6 Å². The highest BCUT2D eigenvalue weighted by Crippen LogP contribution is 2.33. The van der Waals surface area contributed by atoms with Crippen LogP contribution in [-0.2, 0) is 0 Å². The van der Waals surface area contributed by atoms with Crippen LogP contribution in [0.1, 0.15) is 12.0 Å². The van der Waals surface area contributed by atoms with E-state index >= 15 is 0 Å². The van der Waals surface area contributed by atoms with Crippen molar-refractivity contribution in [2.75, 3.05) is 0 Å². The van der Waals surface area contributed by atoms with E-state index in [0.717, 1.165) is 12.4 Å². The van der Waals surface area contributed by atoms with E-state index < -0.39 is 27.6 Å². The SMILES string of the molecule is O=[N+]([O-])c1cncc(Cl)c1C(F)F. The van der Waals surface area contributed by atoms with Crippen molar-refractivity contribution < 1.29 is 13.7 Å². The number of nitrogens with zero attached hydrogens (tertiary/aromatic N) is 2. The van der Waals surface area contributed by atoms with Crippen LogP contribution in [0.25, 0.3) is 0 Å². The molecule has 0 aliphatic rings. The molecule has 1 aromatic heterocycles. The molecule has 0 unspecified atom stereocenters. The third kappa shape index (κ3) is 1.89. The highest BCUT2D eigenvalue weighted by molar-refractivity contribution is 6.31. The molecule has 0 spiro atoms. The molecule has 0 bridgehead atoms. The summed E-state index contributed by atoms with van der Waals surface area (Å²) in [7, 11) is 0. The van der Waals surface area contributed by atoms with E-state index in [1.54, 1.807) is 0 Å². The van der Waals surface area contributed by atoms with Gasteiger partial charge in [-0.05, 0) is 0 Å². The minimum Gasteiger partial charge on any atom is -0.258 e. The van der Waals surface area contributed by atoms with E-state index in [0.29, 0.717) is 0 Å². The average Bonchev–Trinajstić information content (AvgIpc) is 2.02. The maximum atomic E-state index is 12.2. The van der Waals surface area contributed by atoms with Gasteiger partial charge in [-0.3, -0.25) is 15.1 Å². The Kier molecular flexibility index (Phi) is 2.72. The summed E-state index contributed by atoms with van der Waals surface area (Å²) in [4.78, 5) is 12.6. The van der Waals surface area contributed by atoms with Crippen LogP contribution >= 0.6 is 11.6 Å². The summed E-state index contributed by atoms with van der Waals surface area (Å²) in [5.41, 5.74) is -1.55. The summed E-state index contributed by atoms with van der Waals surface area (Å²) in [5, 5.41) is 9.85. The smallest absolute Gasteiger partial charge is 0.258 e. The lowest BCUT2D eigenvalue weighted by molar-refractivity contribution is -0.386. The van der Waals surface area contributed by atoms with Crippen LogP contribution in [0.4, 0.5) is 14.5 Å². The van der Waals surface area contributed by atoms with Crippen molar-refractivity contribution >= 4 is 17.3 Å². The number of hydrogen-bond donors (Lipinski definition) is 0. The maximum absolute atomic E-state index is 12.2. The number of pyridine rings is 1. The van der Waals surface area contributed by atoms with Crippen molar-refractivity contribution in [3.05, 3.63) is 33.1 Å². The topological polar surface area (TPSA) is 56.0 Å². The molecule has 1 heterocycles. The minimum absolute atomic E-state index is 0.399. The highest BCUT2D eigenvalue weighted by atomic mass is 35.5. The molecule has 13 heavy (non-hydrogen) atoms. The number of hydrogen-bond acceptors (Lipinski definition) is 3. The van der Waals surface area contributed by atoms with E-state index in [2.05, 4.69) is 4.98 Å². The third-order valence-corrected chi connectivity index (χ3v) is 1.63. The summed E-state index contributed by atoms with van der Waals surface area (Å²) in [5.74, 6) is 0.